The third kappa shape index (κ3) is 2.96. The molecule has 8 heteroatoms. The predicted molar refractivity (Wildman–Crippen MR) is 110 cm³/mol. The SMILES string of the molecule is Cc1c(C#N)c2nc3ccccc3n2c(=O)/c1=C\Nc1ccc(Cl)c(C(=O)O)c1. The van der Waals surface area contributed by atoms with E-state index < -0.39 is 5.97 Å². The Hall–Kier alpha value is -3.89. The Bertz CT molecular complexity index is 1470. The molecule has 142 valence electrons. The van der Waals surface area contributed by atoms with Crippen molar-refractivity contribution >= 4 is 46.1 Å². The highest BCUT2D eigenvalue weighted by Gasteiger charge is 2.16. The van der Waals surface area contributed by atoms with Crippen LogP contribution >= 0.6 is 11.6 Å². The summed E-state index contributed by atoms with van der Waals surface area (Å²) in [5.41, 5.74) is 2.39. The lowest BCUT2D eigenvalue weighted by atomic mass is 10.1. The van der Waals surface area contributed by atoms with Gasteiger partial charge >= 0.3 is 5.97 Å². The van der Waals surface area contributed by atoms with Crippen LogP contribution in [0.25, 0.3) is 22.9 Å². The number of aromatic nitrogens is 2. The molecule has 0 saturated carbocycles. The second-order valence-electron chi connectivity index (χ2n) is 6.38. The fourth-order valence-corrected chi connectivity index (χ4v) is 3.42. The molecule has 0 aliphatic heterocycles. The molecule has 0 radical (unpaired) electrons. The number of carboxylic acid groups (broad SMARTS) is 1. The van der Waals surface area contributed by atoms with E-state index >= 15 is 0 Å². The van der Waals surface area contributed by atoms with Crippen LogP contribution in [0.2, 0.25) is 5.02 Å². The molecule has 7 nitrogen and oxygen atoms in total. The monoisotopic (exact) mass is 404 g/mol. The van der Waals surface area contributed by atoms with Gasteiger partial charge in [-0.05, 0) is 42.8 Å². The topological polar surface area (TPSA) is 107 Å². The van der Waals surface area contributed by atoms with Crippen LogP contribution in [-0.2, 0) is 0 Å². The Balaban J connectivity index is 1.96. The molecule has 4 rings (SSSR count). The number of rotatable bonds is 3. The van der Waals surface area contributed by atoms with Crippen LogP contribution < -0.4 is 16.1 Å². The summed E-state index contributed by atoms with van der Waals surface area (Å²) in [6.07, 6.45) is 1.46. The summed E-state index contributed by atoms with van der Waals surface area (Å²) in [5, 5.41) is 22.2. The Kier molecular flexibility index (Phi) is 4.41. The Morgan fingerprint density at radius 1 is 1.31 bits per heavy atom. The molecule has 0 fully saturated rings. The van der Waals surface area contributed by atoms with E-state index in [9.17, 15) is 20.0 Å². The molecule has 2 aromatic carbocycles. The number of nitrogens with one attached hydrogen (secondary N) is 1. The van der Waals surface area contributed by atoms with Gasteiger partial charge in [0, 0.05) is 11.9 Å². The third-order valence-electron chi connectivity index (χ3n) is 4.69. The van der Waals surface area contributed by atoms with Crippen LogP contribution in [0.15, 0.2) is 47.3 Å². The summed E-state index contributed by atoms with van der Waals surface area (Å²) in [4.78, 5) is 28.9. The number of halogens is 1. The minimum atomic E-state index is -1.16. The summed E-state index contributed by atoms with van der Waals surface area (Å²) in [5.74, 6) is -1.16. The van der Waals surface area contributed by atoms with E-state index in [4.69, 9.17) is 11.6 Å². The van der Waals surface area contributed by atoms with Crippen molar-refractivity contribution < 1.29 is 9.90 Å². The molecular weight excluding hydrogens is 392 g/mol. The first-order valence-corrected chi connectivity index (χ1v) is 8.93. The Labute approximate surface area is 169 Å². The van der Waals surface area contributed by atoms with Crippen molar-refractivity contribution in [1.29, 1.82) is 5.26 Å². The number of pyridine rings is 1. The number of hydrogen-bond acceptors (Lipinski definition) is 5. The molecule has 0 spiro atoms. The highest BCUT2D eigenvalue weighted by molar-refractivity contribution is 6.33. The van der Waals surface area contributed by atoms with Gasteiger partial charge in [-0.1, -0.05) is 23.7 Å². The Morgan fingerprint density at radius 3 is 2.79 bits per heavy atom. The fraction of sp³-hybridized carbons (Fsp3) is 0.0476. The average Bonchev–Trinajstić information content (AvgIpc) is 3.08. The van der Waals surface area contributed by atoms with Gasteiger partial charge in [0.25, 0.3) is 5.56 Å². The van der Waals surface area contributed by atoms with Crippen molar-refractivity contribution in [1.82, 2.24) is 9.38 Å². The number of fused-ring (bicyclic) bond motifs is 3. The van der Waals surface area contributed by atoms with Gasteiger partial charge in [-0.25, -0.2) is 9.78 Å². The van der Waals surface area contributed by atoms with Crippen molar-refractivity contribution in [2.75, 3.05) is 5.32 Å². The van der Waals surface area contributed by atoms with E-state index in [1.54, 1.807) is 31.2 Å². The van der Waals surface area contributed by atoms with Gasteiger partial charge < -0.3 is 10.4 Å². The van der Waals surface area contributed by atoms with Crippen molar-refractivity contribution in [3.05, 3.63) is 79.8 Å². The number of para-hydroxylation sites is 2. The normalized spacial score (nSPS) is 11.7. The van der Waals surface area contributed by atoms with Crippen LogP contribution in [0.4, 0.5) is 5.69 Å². The third-order valence-corrected chi connectivity index (χ3v) is 5.02. The van der Waals surface area contributed by atoms with Gasteiger partial charge in [0.05, 0.1) is 32.4 Å². The quantitative estimate of drug-likeness (QED) is 0.543. The first-order chi connectivity index (χ1) is 13.9. The van der Waals surface area contributed by atoms with Crippen molar-refractivity contribution in [2.24, 2.45) is 0 Å². The minimum absolute atomic E-state index is 0.0575. The van der Waals surface area contributed by atoms with Crippen molar-refractivity contribution in [3.8, 4) is 6.07 Å². The van der Waals surface area contributed by atoms with Crippen molar-refractivity contribution in [3.63, 3.8) is 0 Å². The van der Waals surface area contributed by atoms with Crippen molar-refractivity contribution in [2.45, 2.75) is 6.92 Å². The number of carboxylic acids is 1. The number of hydrogen-bond donors (Lipinski definition) is 2. The highest BCUT2D eigenvalue weighted by Crippen LogP contribution is 2.21. The van der Waals surface area contributed by atoms with E-state index in [0.717, 1.165) is 0 Å². The van der Waals surface area contributed by atoms with E-state index in [2.05, 4.69) is 16.4 Å². The second kappa shape index (κ2) is 6.93. The number of nitrogens with zero attached hydrogens (tertiary/aromatic N) is 3. The zero-order valence-electron chi connectivity index (χ0n) is 15.1. The smallest absolute Gasteiger partial charge is 0.337 e. The maximum Gasteiger partial charge on any atom is 0.337 e. The fourth-order valence-electron chi connectivity index (χ4n) is 3.22. The standard InChI is InChI=1S/C21H13ClN4O3/c1-11-14(9-23)19-25-17-4-2-3-5-18(17)26(19)20(27)15(11)10-24-12-6-7-16(22)13(8-12)21(28)29/h2-8,10,24H,1H3,(H,28,29)/b15-10-. The summed E-state index contributed by atoms with van der Waals surface area (Å²) in [7, 11) is 0. The number of benzene rings is 2. The zero-order chi connectivity index (χ0) is 20.7. The number of carbonyl (C=O) groups is 1. The number of aromatic carboxylic acids is 1. The Morgan fingerprint density at radius 2 is 2.07 bits per heavy atom. The maximum atomic E-state index is 13.2. The summed E-state index contributed by atoms with van der Waals surface area (Å²) < 4.78 is 1.42. The lowest BCUT2D eigenvalue weighted by Gasteiger charge is -2.06. The highest BCUT2D eigenvalue weighted by atomic mass is 35.5. The minimum Gasteiger partial charge on any atom is -0.478 e. The molecule has 0 unspecified atom stereocenters. The molecule has 0 aliphatic rings. The molecule has 29 heavy (non-hydrogen) atoms. The van der Waals surface area contributed by atoms with Crippen LogP contribution in [0, 0.1) is 18.3 Å². The number of imidazole rings is 1. The molecular formula is C21H13ClN4O3. The molecule has 0 amide bonds. The van der Waals surface area contributed by atoms with Gasteiger partial charge in [0.15, 0.2) is 5.65 Å². The predicted octanol–water partition coefficient (Wildman–Crippen LogP) is 2.95. The number of nitriles is 1. The molecule has 0 saturated heterocycles. The van der Waals surface area contributed by atoms with Crippen LogP contribution in [0.3, 0.4) is 0 Å². The lowest BCUT2D eigenvalue weighted by Crippen LogP contribution is -2.34. The summed E-state index contributed by atoms with van der Waals surface area (Å²) in [6.45, 7) is 1.68. The molecule has 0 aliphatic carbocycles. The van der Waals surface area contributed by atoms with Gasteiger partial charge in [0.2, 0.25) is 0 Å². The molecule has 0 atom stereocenters. The summed E-state index contributed by atoms with van der Waals surface area (Å²) in [6, 6.07) is 13.7. The van der Waals surface area contributed by atoms with Gasteiger partial charge in [-0.15, -0.1) is 0 Å². The molecule has 0 bridgehead atoms. The average molecular weight is 405 g/mol. The lowest BCUT2D eigenvalue weighted by molar-refractivity contribution is 0.0697. The number of anilines is 1. The van der Waals surface area contributed by atoms with E-state index in [1.807, 2.05) is 6.07 Å². The molecule has 2 heterocycles. The molecule has 2 aromatic heterocycles. The van der Waals surface area contributed by atoms with E-state index in [-0.39, 0.29) is 21.4 Å². The van der Waals surface area contributed by atoms with Crippen LogP contribution in [0.5, 0.6) is 0 Å². The second-order valence-corrected chi connectivity index (χ2v) is 6.79. The maximum absolute atomic E-state index is 13.2. The summed E-state index contributed by atoms with van der Waals surface area (Å²) >= 11 is 5.89. The van der Waals surface area contributed by atoms with E-state index in [1.165, 1.54) is 22.7 Å². The first-order valence-electron chi connectivity index (χ1n) is 8.56. The van der Waals surface area contributed by atoms with Crippen LogP contribution in [0.1, 0.15) is 21.5 Å². The molecule has 2 N–H and O–H groups in total. The van der Waals surface area contributed by atoms with Gasteiger partial charge in [0.1, 0.15) is 6.07 Å². The van der Waals surface area contributed by atoms with Gasteiger partial charge in [-0.3, -0.25) is 9.20 Å². The van der Waals surface area contributed by atoms with E-state index in [0.29, 0.717) is 33.5 Å². The van der Waals surface area contributed by atoms with Gasteiger partial charge in [-0.2, -0.15) is 5.26 Å². The van der Waals surface area contributed by atoms with Crippen LogP contribution in [-0.4, -0.2) is 20.5 Å². The zero-order valence-corrected chi connectivity index (χ0v) is 15.9. The first kappa shape index (κ1) is 18.5. The largest absolute Gasteiger partial charge is 0.478 e. The molecule has 4 aromatic rings.